The maximum Gasteiger partial charge on any atom is 0.193 e. The van der Waals surface area contributed by atoms with Crippen molar-refractivity contribution < 1.29 is 9.53 Å². The number of rotatable bonds is 2. The van der Waals surface area contributed by atoms with Gasteiger partial charge in [0.1, 0.15) is 5.75 Å². The number of benzene rings is 2. The van der Waals surface area contributed by atoms with Gasteiger partial charge >= 0.3 is 0 Å². The topological polar surface area (TPSA) is 50.1 Å². The second kappa shape index (κ2) is 6.14. The number of allylic oxidation sites excluding steroid dienone is 1. The number of carbonyl (C=O) groups excluding carboxylic acids is 1. The van der Waals surface area contributed by atoms with Crippen LogP contribution in [-0.4, -0.2) is 12.4 Å². The van der Waals surface area contributed by atoms with Crippen LogP contribution in [0.2, 0.25) is 5.02 Å². The molecule has 0 saturated heterocycles. The van der Waals surface area contributed by atoms with E-state index >= 15 is 0 Å². The summed E-state index contributed by atoms with van der Waals surface area (Å²) >= 11 is 5.87. The van der Waals surface area contributed by atoms with Crippen LogP contribution in [0.3, 0.4) is 0 Å². The number of ketones is 1. The molecule has 0 radical (unpaired) electrons. The predicted molar refractivity (Wildman–Crippen MR) is 94.2 cm³/mol. The van der Waals surface area contributed by atoms with Crippen molar-refractivity contribution >= 4 is 23.0 Å². The van der Waals surface area contributed by atoms with E-state index in [4.69, 9.17) is 16.3 Å². The molecule has 2 aromatic rings. The minimum Gasteiger partial charge on any atom is -0.492 e. The summed E-state index contributed by atoms with van der Waals surface area (Å²) in [4.78, 5) is 12.7. The Kier molecular flexibility index (Phi) is 4.17. The molecule has 4 heteroatoms. The Bertz CT molecular complexity index is 874. The molecule has 1 aliphatic heterocycles. The number of nitriles is 1. The van der Waals surface area contributed by atoms with E-state index in [9.17, 15) is 10.1 Å². The first-order chi connectivity index (χ1) is 11.4. The van der Waals surface area contributed by atoms with Crippen molar-refractivity contribution in [2.24, 2.45) is 5.41 Å². The number of hydrogen-bond donors (Lipinski definition) is 0. The fraction of sp³-hybridized carbons (Fsp3) is 0.200. The molecule has 0 aromatic heterocycles. The molecule has 3 nitrogen and oxygen atoms in total. The van der Waals surface area contributed by atoms with E-state index in [1.807, 2.05) is 19.9 Å². The van der Waals surface area contributed by atoms with Crippen molar-refractivity contribution in [2.45, 2.75) is 13.8 Å². The quantitative estimate of drug-likeness (QED) is 0.732. The minimum atomic E-state index is -0.246. The lowest BCUT2D eigenvalue weighted by Gasteiger charge is -2.18. The lowest BCUT2D eigenvalue weighted by atomic mass is 9.90. The summed E-state index contributed by atoms with van der Waals surface area (Å²) in [5, 5.41) is 10.1. The average Bonchev–Trinajstić information content (AvgIpc) is 2.70. The van der Waals surface area contributed by atoms with Crippen molar-refractivity contribution in [1.29, 1.82) is 5.26 Å². The SMILES string of the molecule is CC1(C)C=C(C#N)c2cc(C(=O)c3ccc(Cl)cc3)ccc2OC1. The third-order valence-electron chi connectivity index (χ3n) is 3.89. The van der Waals surface area contributed by atoms with Crippen LogP contribution in [0.4, 0.5) is 0 Å². The summed E-state index contributed by atoms with van der Waals surface area (Å²) in [7, 11) is 0. The molecule has 0 amide bonds. The summed E-state index contributed by atoms with van der Waals surface area (Å²) in [5.41, 5.74) is 2.00. The Morgan fingerprint density at radius 2 is 1.83 bits per heavy atom. The normalized spacial score (nSPS) is 15.3. The van der Waals surface area contributed by atoms with Crippen molar-refractivity contribution in [3.63, 3.8) is 0 Å². The third-order valence-corrected chi connectivity index (χ3v) is 4.15. The van der Waals surface area contributed by atoms with Gasteiger partial charge in [0.25, 0.3) is 0 Å². The highest BCUT2D eigenvalue weighted by Crippen LogP contribution is 2.35. The lowest BCUT2D eigenvalue weighted by Crippen LogP contribution is -2.17. The monoisotopic (exact) mass is 337 g/mol. The summed E-state index contributed by atoms with van der Waals surface area (Å²) < 4.78 is 5.82. The maximum atomic E-state index is 12.7. The third kappa shape index (κ3) is 3.20. The standard InChI is InChI=1S/C20H16ClNO2/c1-20(2)10-15(11-22)17-9-14(5-8-18(17)24-12-20)19(23)13-3-6-16(21)7-4-13/h3-10H,12H2,1-2H3. The molecule has 1 aliphatic rings. The lowest BCUT2D eigenvalue weighted by molar-refractivity contribution is 0.103. The highest BCUT2D eigenvalue weighted by Gasteiger charge is 2.24. The van der Waals surface area contributed by atoms with Gasteiger partial charge in [0.2, 0.25) is 0 Å². The van der Waals surface area contributed by atoms with Gasteiger partial charge in [0, 0.05) is 27.1 Å². The Balaban J connectivity index is 2.05. The molecule has 120 valence electrons. The second-order valence-electron chi connectivity index (χ2n) is 6.49. The summed E-state index contributed by atoms with van der Waals surface area (Å²) in [6.07, 6.45) is 1.90. The van der Waals surface area contributed by atoms with Crippen molar-refractivity contribution in [1.82, 2.24) is 0 Å². The van der Waals surface area contributed by atoms with Gasteiger partial charge < -0.3 is 4.74 Å². The molecule has 0 atom stereocenters. The molecule has 1 heterocycles. The molecule has 0 bridgehead atoms. The van der Waals surface area contributed by atoms with E-state index in [0.29, 0.717) is 39.6 Å². The molecule has 24 heavy (non-hydrogen) atoms. The first kappa shape index (κ1) is 16.3. The van der Waals surface area contributed by atoms with Crippen molar-refractivity contribution in [3.8, 4) is 11.8 Å². The van der Waals surface area contributed by atoms with Gasteiger partial charge in [-0.3, -0.25) is 4.79 Å². The van der Waals surface area contributed by atoms with E-state index in [0.717, 1.165) is 0 Å². The van der Waals surface area contributed by atoms with E-state index in [2.05, 4.69) is 6.07 Å². The van der Waals surface area contributed by atoms with Crippen LogP contribution in [0.15, 0.2) is 48.5 Å². The fourth-order valence-electron chi connectivity index (χ4n) is 2.64. The largest absolute Gasteiger partial charge is 0.492 e. The maximum absolute atomic E-state index is 12.7. The smallest absolute Gasteiger partial charge is 0.193 e. The van der Waals surface area contributed by atoms with Gasteiger partial charge in [0.05, 0.1) is 18.2 Å². The van der Waals surface area contributed by atoms with Gasteiger partial charge in [-0.15, -0.1) is 0 Å². The molecule has 0 aliphatic carbocycles. The number of ether oxygens (including phenoxy) is 1. The zero-order valence-corrected chi connectivity index (χ0v) is 14.2. The molecular weight excluding hydrogens is 322 g/mol. The van der Waals surface area contributed by atoms with Crippen LogP contribution >= 0.6 is 11.6 Å². The Labute approximate surface area is 146 Å². The number of carbonyl (C=O) groups is 1. The highest BCUT2D eigenvalue weighted by molar-refractivity contribution is 6.30. The summed E-state index contributed by atoms with van der Waals surface area (Å²) in [5.74, 6) is 0.510. The molecule has 0 spiro atoms. The Hall–Kier alpha value is -2.57. The number of fused-ring (bicyclic) bond motifs is 1. The average molecular weight is 338 g/mol. The number of halogens is 1. The van der Waals surface area contributed by atoms with Gasteiger partial charge in [0.15, 0.2) is 5.78 Å². The number of nitrogens with zero attached hydrogens (tertiary/aromatic N) is 1. The van der Waals surface area contributed by atoms with Gasteiger partial charge in [-0.2, -0.15) is 5.26 Å². The molecular formula is C20H16ClNO2. The van der Waals surface area contributed by atoms with Crippen LogP contribution in [-0.2, 0) is 0 Å². The van der Waals surface area contributed by atoms with Gasteiger partial charge in [-0.25, -0.2) is 0 Å². The van der Waals surface area contributed by atoms with Crippen molar-refractivity contribution in [3.05, 3.63) is 70.3 Å². The van der Waals surface area contributed by atoms with Crippen LogP contribution in [0, 0.1) is 16.7 Å². The van der Waals surface area contributed by atoms with E-state index < -0.39 is 0 Å². The summed E-state index contributed by atoms with van der Waals surface area (Å²) in [6, 6.07) is 14.2. The van der Waals surface area contributed by atoms with Crippen LogP contribution in [0.1, 0.15) is 35.3 Å². The molecule has 0 unspecified atom stereocenters. The highest BCUT2D eigenvalue weighted by atomic mass is 35.5. The molecule has 3 rings (SSSR count). The Morgan fingerprint density at radius 3 is 2.50 bits per heavy atom. The minimum absolute atomic E-state index is 0.115. The summed E-state index contributed by atoms with van der Waals surface area (Å²) in [6.45, 7) is 4.50. The van der Waals surface area contributed by atoms with Crippen LogP contribution in [0.25, 0.3) is 5.57 Å². The van der Waals surface area contributed by atoms with Crippen LogP contribution < -0.4 is 4.74 Å². The molecule has 0 fully saturated rings. The zero-order valence-electron chi connectivity index (χ0n) is 13.5. The molecule has 2 aromatic carbocycles. The van der Waals surface area contributed by atoms with E-state index in [1.54, 1.807) is 42.5 Å². The fourth-order valence-corrected chi connectivity index (χ4v) is 2.77. The Morgan fingerprint density at radius 1 is 1.17 bits per heavy atom. The second-order valence-corrected chi connectivity index (χ2v) is 6.93. The first-order valence-electron chi connectivity index (χ1n) is 7.60. The van der Waals surface area contributed by atoms with Crippen molar-refractivity contribution in [2.75, 3.05) is 6.61 Å². The number of hydrogen-bond acceptors (Lipinski definition) is 3. The zero-order chi connectivity index (χ0) is 17.3. The van der Waals surface area contributed by atoms with Gasteiger partial charge in [-0.1, -0.05) is 31.5 Å². The van der Waals surface area contributed by atoms with Gasteiger partial charge in [-0.05, 0) is 42.5 Å². The van der Waals surface area contributed by atoms with E-state index in [-0.39, 0.29) is 11.2 Å². The molecule has 0 N–H and O–H groups in total. The van der Waals surface area contributed by atoms with Crippen LogP contribution in [0.5, 0.6) is 5.75 Å². The first-order valence-corrected chi connectivity index (χ1v) is 7.98. The molecule has 0 saturated carbocycles. The van der Waals surface area contributed by atoms with E-state index in [1.165, 1.54) is 0 Å². The predicted octanol–water partition coefficient (Wildman–Crippen LogP) is 4.90.